The van der Waals surface area contributed by atoms with Crippen molar-refractivity contribution in [2.75, 3.05) is 14.1 Å². The summed E-state index contributed by atoms with van der Waals surface area (Å²) in [6.45, 7) is 7.40. The highest BCUT2D eigenvalue weighted by molar-refractivity contribution is 5.60. The lowest BCUT2D eigenvalue weighted by Crippen LogP contribution is -2.11. The van der Waals surface area contributed by atoms with Gasteiger partial charge in [-0.15, -0.1) is 0 Å². The lowest BCUT2D eigenvalue weighted by Gasteiger charge is -2.19. The standard InChI is InChI=1S/C22H27N3O/c1-22(2,3)17-11-9-16(10-12-17)21-23-18(14-24(4)5)15-25(21)19-7-6-8-20(26)13-19/h6-13,15,26H,14H2,1-5H3. The van der Waals surface area contributed by atoms with Gasteiger partial charge in [0.1, 0.15) is 11.6 Å². The molecule has 0 aliphatic rings. The predicted molar refractivity (Wildman–Crippen MR) is 107 cm³/mol. The van der Waals surface area contributed by atoms with Crippen molar-refractivity contribution in [2.45, 2.75) is 32.7 Å². The van der Waals surface area contributed by atoms with Gasteiger partial charge in [0.05, 0.1) is 11.4 Å². The van der Waals surface area contributed by atoms with E-state index < -0.39 is 0 Å². The zero-order valence-electron chi connectivity index (χ0n) is 16.2. The van der Waals surface area contributed by atoms with Crippen molar-refractivity contribution in [3.05, 3.63) is 66.0 Å². The molecule has 0 fully saturated rings. The third-order valence-corrected chi connectivity index (χ3v) is 4.35. The molecular weight excluding hydrogens is 322 g/mol. The summed E-state index contributed by atoms with van der Waals surface area (Å²) in [5, 5.41) is 9.87. The van der Waals surface area contributed by atoms with E-state index >= 15 is 0 Å². The van der Waals surface area contributed by atoms with Gasteiger partial charge in [-0.25, -0.2) is 4.98 Å². The molecule has 1 N–H and O–H groups in total. The van der Waals surface area contributed by atoms with Crippen LogP contribution in [-0.4, -0.2) is 33.7 Å². The first-order chi connectivity index (χ1) is 12.2. The summed E-state index contributed by atoms with van der Waals surface area (Å²) in [4.78, 5) is 6.96. The van der Waals surface area contributed by atoms with E-state index in [1.165, 1.54) is 5.56 Å². The van der Waals surface area contributed by atoms with E-state index in [9.17, 15) is 5.11 Å². The molecule has 3 aromatic rings. The number of rotatable bonds is 4. The van der Waals surface area contributed by atoms with Crippen LogP contribution in [0.3, 0.4) is 0 Å². The summed E-state index contributed by atoms with van der Waals surface area (Å²) < 4.78 is 2.05. The first kappa shape index (κ1) is 18.2. The second kappa shape index (κ2) is 6.96. The summed E-state index contributed by atoms with van der Waals surface area (Å²) in [5.74, 6) is 1.13. The number of imidazole rings is 1. The van der Waals surface area contributed by atoms with Gasteiger partial charge in [-0.2, -0.15) is 0 Å². The Hall–Kier alpha value is -2.59. The molecule has 2 aromatic carbocycles. The lowest BCUT2D eigenvalue weighted by molar-refractivity contribution is 0.397. The average Bonchev–Trinajstić information content (AvgIpc) is 2.97. The lowest BCUT2D eigenvalue weighted by atomic mass is 9.87. The van der Waals surface area contributed by atoms with E-state index in [0.29, 0.717) is 0 Å². The van der Waals surface area contributed by atoms with Gasteiger partial charge in [-0.05, 0) is 37.2 Å². The normalized spacial score (nSPS) is 11.9. The first-order valence-electron chi connectivity index (χ1n) is 8.87. The highest BCUT2D eigenvalue weighted by Crippen LogP contribution is 2.28. The van der Waals surface area contributed by atoms with E-state index in [4.69, 9.17) is 4.98 Å². The van der Waals surface area contributed by atoms with Gasteiger partial charge in [-0.3, -0.25) is 4.57 Å². The molecule has 26 heavy (non-hydrogen) atoms. The zero-order chi connectivity index (χ0) is 18.9. The molecule has 0 amide bonds. The van der Waals surface area contributed by atoms with E-state index in [1.807, 2.05) is 37.0 Å². The van der Waals surface area contributed by atoms with Gasteiger partial charge in [0, 0.05) is 24.4 Å². The van der Waals surface area contributed by atoms with Crippen LogP contribution < -0.4 is 0 Å². The Bertz CT molecular complexity index is 886. The minimum atomic E-state index is 0.120. The van der Waals surface area contributed by atoms with Crippen molar-refractivity contribution in [3.63, 3.8) is 0 Å². The summed E-state index contributed by atoms with van der Waals surface area (Å²) in [6, 6.07) is 15.9. The second-order valence-electron chi connectivity index (χ2n) is 8.01. The van der Waals surface area contributed by atoms with Crippen molar-refractivity contribution in [1.29, 1.82) is 0 Å². The molecular formula is C22H27N3O. The number of phenolic OH excluding ortho intramolecular Hbond substituents is 1. The molecule has 0 atom stereocenters. The number of nitrogens with zero attached hydrogens (tertiary/aromatic N) is 3. The topological polar surface area (TPSA) is 41.3 Å². The van der Waals surface area contributed by atoms with Gasteiger partial charge >= 0.3 is 0 Å². The van der Waals surface area contributed by atoms with E-state index in [2.05, 4.69) is 49.9 Å². The molecule has 0 saturated heterocycles. The molecule has 3 rings (SSSR count). The van der Waals surface area contributed by atoms with Crippen molar-refractivity contribution >= 4 is 0 Å². The minimum Gasteiger partial charge on any atom is -0.508 e. The monoisotopic (exact) mass is 349 g/mol. The fraction of sp³-hybridized carbons (Fsp3) is 0.318. The number of hydrogen-bond acceptors (Lipinski definition) is 3. The number of phenols is 1. The quantitative estimate of drug-likeness (QED) is 0.748. The van der Waals surface area contributed by atoms with Crippen LogP contribution in [0.2, 0.25) is 0 Å². The molecule has 4 nitrogen and oxygen atoms in total. The maximum Gasteiger partial charge on any atom is 0.144 e. The van der Waals surface area contributed by atoms with Gasteiger partial charge < -0.3 is 10.0 Å². The van der Waals surface area contributed by atoms with E-state index in [0.717, 1.165) is 29.3 Å². The van der Waals surface area contributed by atoms with Crippen LogP contribution in [0.4, 0.5) is 0 Å². The van der Waals surface area contributed by atoms with Crippen LogP contribution in [-0.2, 0) is 12.0 Å². The molecule has 0 radical (unpaired) electrons. The molecule has 0 aliphatic carbocycles. The second-order valence-corrected chi connectivity index (χ2v) is 8.01. The third-order valence-electron chi connectivity index (χ3n) is 4.35. The summed E-state index contributed by atoms with van der Waals surface area (Å²) in [5.41, 5.74) is 4.37. The first-order valence-corrected chi connectivity index (χ1v) is 8.87. The Morgan fingerprint density at radius 3 is 2.31 bits per heavy atom. The minimum absolute atomic E-state index is 0.120. The molecule has 0 saturated carbocycles. The Morgan fingerprint density at radius 1 is 1.04 bits per heavy atom. The van der Waals surface area contributed by atoms with Crippen LogP contribution in [0, 0.1) is 0 Å². The number of aromatic hydroxyl groups is 1. The van der Waals surface area contributed by atoms with Gasteiger partial charge in [0.15, 0.2) is 0 Å². The molecule has 0 bridgehead atoms. The maximum atomic E-state index is 9.87. The largest absolute Gasteiger partial charge is 0.508 e. The van der Waals surface area contributed by atoms with E-state index in [1.54, 1.807) is 12.1 Å². The Kier molecular flexibility index (Phi) is 4.88. The summed E-state index contributed by atoms with van der Waals surface area (Å²) in [7, 11) is 4.07. The average molecular weight is 349 g/mol. The smallest absolute Gasteiger partial charge is 0.144 e. The van der Waals surface area contributed by atoms with Crippen molar-refractivity contribution in [1.82, 2.24) is 14.5 Å². The number of aromatic nitrogens is 2. The number of hydrogen-bond donors (Lipinski definition) is 1. The van der Waals surface area contributed by atoms with Crippen LogP contribution >= 0.6 is 0 Å². The Balaban J connectivity index is 2.08. The molecule has 4 heteroatoms. The van der Waals surface area contributed by atoms with Crippen LogP contribution in [0.15, 0.2) is 54.7 Å². The maximum absolute atomic E-state index is 9.87. The van der Waals surface area contributed by atoms with Crippen LogP contribution in [0.1, 0.15) is 32.0 Å². The summed E-state index contributed by atoms with van der Waals surface area (Å²) >= 11 is 0. The van der Waals surface area contributed by atoms with E-state index in [-0.39, 0.29) is 11.2 Å². The fourth-order valence-electron chi connectivity index (χ4n) is 2.99. The fourth-order valence-corrected chi connectivity index (χ4v) is 2.99. The molecule has 0 aliphatic heterocycles. The van der Waals surface area contributed by atoms with Crippen LogP contribution in [0.25, 0.3) is 17.1 Å². The Labute approximate surface area is 155 Å². The summed E-state index contributed by atoms with van der Waals surface area (Å²) in [6.07, 6.45) is 2.04. The molecule has 1 heterocycles. The highest BCUT2D eigenvalue weighted by atomic mass is 16.3. The van der Waals surface area contributed by atoms with Crippen molar-refractivity contribution in [3.8, 4) is 22.8 Å². The van der Waals surface area contributed by atoms with Crippen LogP contribution in [0.5, 0.6) is 5.75 Å². The molecule has 0 spiro atoms. The molecule has 0 unspecified atom stereocenters. The van der Waals surface area contributed by atoms with Crippen molar-refractivity contribution < 1.29 is 5.11 Å². The third kappa shape index (κ3) is 3.97. The molecule has 1 aromatic heterocycles. The molecule has 136 valence electrons. The SMILES string of the molecule is CN(C)Cc1cn(-c2cccc(O)c2)c(-c2ccc(C(C)(C)C)cc2)n1. The van der Waals surface area contributed by atoms with Gasteiger partial charge in [0.2, 0.25) is 0 Å². The predicted octanol–water partition coefficient (Wildman–Crippen LogP) is 4.60. The van der Waals surface area contributed by atoms with Gasteiger partial charge in [-0.1, -0.05) is 51.1 Å². The van der Waals surface area contributed by atoms with Crippen molar-refractivity contribution in [2.24, 2.45) is 0 Å². The zero-order valence-corrected chi connectivity index (χ0v) is 16.2. The van der Waals surface area contributed by atoms with Gasteiger partial charge in [0.25, 0.3) is 0 Å². The Morgan fingerprint density at radius 2 is 1.73 bits per heavy atom. The number of benzene rings is 2. The highest BCUT2D eigenvalue weighted by Gasteiger charge is 2.16.